The summed E-state index contributed by atoms with van der Waals surface area (Å²) >= 11 is 0. The van der Waals surface area contributed by atoms with Crippen LogP contribution < -0.4 is 9.64 Å². The van der Waals surface area contributed by atoms with E-state index in [0.717, 1.165) is 59.7 Å². The second-order valence-corrected chi connectivity index (χ2v) is 8.14. The number of fused-ring (bicyclic) bond motifs is 1. The van der Waals surface area contributed by atoms with E-state index in [9.17, 15) is 4.79 Å². The van der Waals surface area contributed by atoms with Crippen LogP contribution in [0.25, 0.3) is 22.2 Å². The number of ether oxygens (including phenoxy) is 1. The zero-order valence-corrected chi connectivity index (χ0v) is 18.6. The van der Waals surface area contributed by atoms with Crippen LogP contribution in [0.4, 0.5) is 5.69 Å². The van der Waals surface area contributed by atoms with Crippen LogP contribution in [0.3, 0.4) is 0 Å². The number of aromatic nitrogens is 2. The van der Waals surface area contributed by atoms with Gasteiger partial charge in [-0.05, 0) is 55.0 Å². The highest BCUT2D eigenvalue weighted by atomic mass is 16.5. The highest BCUT2D eigenvalue weighted by Crippen LogP contribution is 2.26. The van der Waals surface area contributed by atoms with Gasteiger partial charge in [0.1, 0.15) is 5.75 Å². The van der Waals surface area contributed by atoms with E-state index in [1.807, 2.05) is 59.5 Å². The van der Waals surface area contributed by atoms with Crippen LogP contribution in [-0.4, -0.2) is 54.1 Å². The lowest BCUT2D eigenvalue weighted by atomic mass is 10.0. The van der Waals surface area contributed by atoms with Gasteiger partial charge >= 0.3 is 0 Å². The quantitative estimate of drug-likeness (QED) is 0.464. The number of anilines is 1. The number of carbonyl (C=O) groups excluding carboxylic acids is 1. The number of hydrogen-bond acceptors (Lipinski definition) is 5. The van der Waals surface area contributed by atoms with Crippen molar-refractivity contribution < 1.29 is 9.53 Å². The number of pyridine rings is 2. The molecule has 1 amide bonds. The first-order valence-electron chi connectivity index (χ1n) is 11.2. The molecule has 1 aliphatic rings. The number of methoxy groups -OCH3 is 1. The number of para-hydroxylation sites is 1. The molecule has 0 atom stereocenters. The lowest BCUT2D eigenvalue weighted by Crippen LogP contribution is -2.35. The summed E-state index contributed by atoms with van der Waals surface area (Å²) in [7, 11) is 1.67. The molecule has 33 heavy (non-hydrogen) atoms. The average molecular weight is 439 g/mol. The van der Waals surface area contributed by atoms with Crippen LogP contribution in [0.15, 0.2) is 79.1 Å². The Balaban J connectivity index is 1.42. The lowest BCUT2D eigenvalue weighted by molar-refractivity contribution is 0.0769. The van der Waals surface area contributed by atoms with E-state index >= 15 is 0 Å². The molecule has 0 spiro atoms. The van der Waals surface area contributed by atoms with Crippen molar-refractivity contribution in [3.63, 3.8) is 0 Å². The third kappa shape index (κ3) is 4.37. The number of rotatable bonds is 4. The fourth-order valence-electron chi connectivity index (χ4n) is 4.37. The van der Waals surface area contributed by atoms with Crippen molar-refractivity contribution >= 4 is 22.5 Å². The predicted molar refractivity (Wildman–Crippen MR) is 131 cm³/mol. The zero-order valence-electron chi connectivity index (χ0n) is 18.6. The van der Waals surface area contributed by atoms with Crippen LogP contribution >= 0.6 is 0 Å². The molecule has 1 aliphatic heterocycles. The molecule has 166 valence electrons. The zero-order chi connectivity index (χ0) is 22.6. The molecule has 0 radical (unpaired) electrons. The lowest BCUT2D eigenvalue weighted by Gasteiger charge is -2.24. The molecule has 1 fully saturated rings. The van der Waals surface area contributed by atoms with Gasteiger partial charge in [-0.3, -0.25) is 9.78 Å². The number of amides is 1. The summed E-state index contributed by atoms with van der Waals surface area (Å²) in [5, 5.41) is 0.886. The number of benzene rings is 2. The summed E-state index contributed by atoms with van der Waals surface area (Å²) < 4.78 is 5.28. The van der Waals surface area contributed by atoms with Gasteiger partial charge in [0.15, 0.2) is 0 Å². The molecule has 3 heterocycles. The first kappa shape index (κ1) is 20.9. The molecule has 6 nitrogen and oxygen atoms in total. The van der Waals surface area contributed by atoms with Crippen molar-refractivity contribution in [1.29, 1.82) is 0 Å². The number of hydrogen-bond donors (Lipinski definition) is 0. The van der Waals surface area contributed by atoms with Crippen molar-refractivity contribution in [3.8, 4) is 17.0 Å². The highest BCUT2D eigenvalue weighted by molar-refractivity contribution is 6.07. The van der Waals surface area contributed by atoms with E-state index in [1.165, 1.54) is 0 Å². The van der Waals surface area contributed by atoms with Crippen molar-refractivity contribution in [2.75, 3.05) is 38.2 Å². The fourth-order valence-corrected chi connectivity index (χ4v) is 4.37. The molecule has 4 aromatic rings. The Labute approximate surface area is 193 Å². The third-order valence-corrected chi connectivity index (χ3v) is 6.14. The van der Waals surface area contributed by atoms with Gasteiger partial charge in [0.25, 0.3) is 5.91 Å². The Morgan fingerprint density at radius 1 is 0.909 bits per heavy atom. The van der Waals surface area contributed by atoms with Crippen LogP contribution in [0.2, 0.25) is 0 Å². The average Bonchev–Trinajstić information content (AvgIpc) is 3.14. The van der Waals surface area contributed by atoms with Crippen LogP contribution in [0, 0.1) is 0 Å². The summed E-state index contributed by atoms with van der Waals surface area (Å²) in [5.74, 6) is 0.903. The van der Waals surface area contributed by atoms with Crippen molar-refractivity contribution in [1.82, 2.24) is 14.9 Å². The van der Waals surface area contributed by atoms with E-state index in [4.69, 9.17) is 9.72 Å². The standard InChI is InChI=1S/C27H26N4O2/c1-33-22-9-7-21(8-10-22)30-15-4-16-31(18-17-30)27(32)24-19-26(20-11-13-28-14-12-20)29-25-6-3-2-5-23(24)25/h2-3,5-14,19H,4,15-18H2,1H3. The van der Waals surface area contributed by atoms with Gasteiger partial charge in [0, 0.05) is 55.2 Å². The van der Waals surface area contributed by atoms with E-state index in [-0.39, 0.29) is 5.91 Å². The smallest absolute Gasteiger partial charge is 0.254 e. The third-order valence-electron chi connectivity index (χ3n) is 6.14. The minimum Gasteiger partial charge on any atom is -0.497 e. The molecule has 5 rings (SSSR count). The summed E-state index contributed by atoms with van der Waals surface area (Å²) in [6, 6.07) is 21.7. The number of carbonyl (C=O) groups is 1. The Hall–Kier alpha value is -3.93. The normalized spacial score (nSPS) is 14.2. The first-order chi connectivity index (χ1) is 16.2. The SMILES string of the molecule is COc1ccc(N2CCCN(C(=O)c3cc(-c4ccncc4)nc4ccccc34)CC2)cc1. The Bertz CT molecular complexity index is 1260. The maximum Gasteiger partial charge on any atom is 0.254 e. The molecule has 0 aliphatic carbocycles. The van der Waals surface area contributed by atoms with Gasteiger partial charge in [-0.1, -0.05) is 18.2 Å². The van der Waals surface area contributed by atoms with Gasteiger partial charge in [-0.2, -0.15) is 0 Å². The fraction of sp³-hybridized carbons (Fsp3) is 0.222. The molecule has 6 heteroatoms. The van der Waals surface area contributed by atoms with Crippen LogP contribution in [0.5, 0.6) is 5.75 Å². The molecule has 0 saturated carbocycles. The summed E-state index contributed by atoms with van der Waals surface area (Å²) in [6.07, 6.45) is 4.41. The highest BCUT2D eigenvalue weighted by Gasteiger charge is 2.23. The largest absolute Gasteiger partial charge is 0.497 e. The molecule has 0 bridgehead atoms. The van der Waals surface area contributed by atoms with Gasteiger partial charge in [0.2, 0.25) is 0 Å². The Morgan fingerprint density at radius 2 is 1.70 bits per heavy atom. The van der Waals surface area contributed by atoms with Crippen LogP contribution in [-0.2, 0) is 0 Å². The Kier molecular flexibility index (Phi) is 5.89. The first-order valence-corrected chi connectivity index (χ1v) is 11.2. The summed E-state index contributed by atoms with van der Waals surface area (Å²) in [5.41, 5.74) is 4.41. The van der Waals surface area contributed by atoms with Gasteiger partial charge in [0.05, 0.1) is 23.9 Å². The van der Waals surface area contributed by atoms with E-state index in [2.05, 4.69) is 22.0 Å². The molecule has 0 N–H and O–H groups in total. The Morgan fingerprint density at radius 3 is 2.48 bits per heavy atom. The van der Waals surface area contributed by atoms with Gasteiger partial charge < -0.3 is 14.5 Å². The molecular weight excluding hydrogens is 412 g/mol. The summed E-state index contributed by atoms with van der Waals surface area (Å²) in [6.45, 7) is 3.10. The molecule has 1 saturated heterocycles. The molecule has 2 aromatic carbocycles. The van der Waals surface area contributed by atoms with Gasteiger partial charge in [-0.15, -0.1) is 0 Å². The maximum absolute atomic E-state index is 13.7. The monoisotopic (exact) mass is 438 g/mol. The molecule has 0 unspecified atom stereocenters. The van der Waals surface area contributed by atoms with Crippen molar-refractivity contribution in [2.45, 2.75) is 6.42 Å². The molecular formula is C27H26N4O2. The van der Waals surface area contributed by atoms with Crippen molar-refractivity contribution in [3.05, 3.63) is 84.7 Å². The van der Waals surface area contributed by atoms with E-state index in [1.54, 1.807) is 19.5 Å². The maximum atomic E-state index is 13.7. The van der Waals surface area contributed by atoms with Gasteiger partial charge in [-0.25, -0.2) is 4.98 Å². The van der Waals surface area contributed by atoms with E-state index in [0.29, 0.717) is 12.1 Å². The predicted octanol–water partition coefficient (Wildman–Crippen LogP) is 4.66. The minimum atomic E-state index is 0.0560. The van der Waals surface area contributed by atoms with E-state index < -0.39 is 0 Å². The minimum absolute atomic E-state index is 0.0560. The number of nitrogens with zero attached hydrogens (tertiary/aromatic N) is 4. The topological polar surface area (TPSA) is 58.6 Å². The second-order valence-electron chi connectivity index (χ2n) is 8.14. The summed E-state index contributed by atoms with van der Waals surface area (Å²) in [4.78, 5) is 26.9. The second kappa shape index (κ2) is 9.28. The van der Waals surface area contributed by atoms with Crippen molar-refractivity contribution in [2.24, 2.45) is 0 Å². The van der Waals surface area contributed by atoms with Crippen LogP contribution in [0.1, 0.15) is 16.8 Å². The molecule has 2 aromatic heterocycles.